The van der Waals surface area contributed by atoms with E-state index >= 15 is 0 Å². The maximum Gasteiger partial charge on any atom is 0.0651 e. The molecule has 0 heterocycles. The summed E-state index contributed by atoms with van der Waals surface area (Å²) in [6, 6.07) is 10.6. The Morgan fingerprint density at radius 3 is 2.75 bits per heavy atom. The molecule has 2 rings (SSSR count). The summed E-state index contributed by atoms with van der Waals surface area (Å²) in [5.41, 5.74) is 1.43. The Bertz CT molecular complexity index is 242. The smallest absolute Gasteiger partial charge is 0.0651 e. The molecule has 1 fully saturated rings. The molecular formula is C11H14O. The fraction of sp³-hybridized carbons (Fsp3) is 0.455. The van der Waals surface area contributed by atoms with Crippen LogP contribution in [0.25, 0.3) is 0 Å². The SMILES string of the molecule is CCOC1CC1c1ccccc1. The van der Waals surface area contributed by atoms with Crippen LogP contribution in [0.3, 0.4) is 0 Å². The highest BCUT2D eigenvalue weighted by atomic mass is 16.5. The Kier molecular flexibility index (Phi) is 2.13. The molecule has 1 aliphatic carbocycles. The van der Waals surface area contributed by atoms with Crippen LogP contribution in [0.1, 0.15) is 24.8 Å². The third-order valence-electron chi connectivity index (χ3n) is 2.34. The van der Waals surface area contributed by atoms with E-state index in [1.807, 2.05) is 0 Å². The molecule has 1 aromatic carbocycles. The normalized spacial score (nSPS) is 27.1. The van der Waals surface area contributed by atoms with Crippen molar-refractivity contribution in [2.45, 2.75) is 25.4 Å². The van der Waals surface area contributed by atoms with Gasteiger partial charge in [-0.2, -0.15) is 0 Å². The van der Waals surface area contributed by atoms with Gasteiger partial charge in [0.1, 0.15) is 0 Å². The third kappa shape index (κ3) is 1.51. The van der Waals surface area contributed by atoms with E-state index in [9.17, 15) is 0 Å². The van der Waals surface area contributed by atoms with Crippen molar-refractivity contribution in [3.63, 3.8) is 0 Å². The number of hydrogen-bond acceptors (Lipinski definition) is 1. The molecule has 1 aliphatic rings. The van der Waals surface area contributed by atoms with E-state index in [2.05, 4.69) is 37.3 Å². The van der Waals surface area contributed by atoms with Gasteiger partial charge < -0.3 is 4.74 Å². The summed E-state index contributed by atoms with van der Waals surface area (Å²) in [6.07, 6.45) is 1.70. The van der Waals surface area contributed by atoms with Gasteiger partial charge >= 0.3 is 0 Å². The van der Waals surface area contributed by atoms with E-state index in [4.69, 9.17) is 4.74 Å². The van der Waals surface area contributed by atoms with E-state index in [0.29, 0.717) is 12.0 Å². The van der Waals surface area contributed by atoms with Gasteiger partial charge in [-0.15, -0.1) is 0 Å². The highest BCUT2D eigenvalue weighted by molar-refractivity contribution is 5.26. The molecule has 0 aliphatic heterocycles. The summed E-state index contributed by atoms with van der Waals surface area (Å²) >= 11 is 0. The second-order valence-corrected chi connectivity index (χ2v) is 3.25. The van der Waals surface area contributed by atoms with Crippen LogP contribution >= 0.6 is 0 Å². The highest BCUT2D eigenvalue weighted by Crippen LogP contribution is 2.42. The molecule has 0 radical (unpaired) electrons. The number of rotatable bonds is 3. The minimum atomic E-state index is 0.498. The molecule has 0 N–H and O–H groups in total. The first kappa shape index (κ1) is 7.81. The van der Waals surface area contributed by atoms with Crippen molar-refractivity contribution in [3.8, 4) is 0 Å². The van der Waals surface area contributed by atoms with Gasteiger partial charge in [-0.05, 0) is 18.9 Å². The Morgan fingerprint density at radius 1 is 1.33 bits per heavy atom. The van der Waals surface area contributed by atoms with Crippen LogP contribution < -0.4 is 0 Å². The fourth-order valence-corrected chi connectivity index (χ4v) is 1.62. The first-order chi connectivity index (χ1) is 5.92. The molecule has 2 unspecified atom stereocenters. The maximum absolute atomic E-state index is 5.52. The molecule has 12 heavy (non-hydrogen) atoms. The van der Waals surface area contributed by atoms with Crippen molar-refractivity contribution >= 4 is 0 Å². The van der Waals surface area contributed by atoms with Crippen molar-refractivity contribution in [2.75, 3.05) is 6.61 Å². The van der Waals surface area contributed by atoms with Crippen LogP contribution in [0.5, 0.6) is 0 Å². The summed E-state index contributed by atoms with van der Waals surface area (Å²) in [6.45, 7) is 2.90. The van der Waals surface area contributed by atoms with Gasteiger partial charge in [-0.3, -0.25) is 0 Å². The van der Waals surface area contributed by atoms with E-state index in [0.717, 1.165) is 6.61 Å². The highest BCUT2D eigenvalue weighted by Gasteiger charge is 2.38. The first-order valence-corrected chi connectivity index (χ1v) is 4.58. The monoisotopic (exact) mass is 162 g/mol. The van der Waals surface area contributed by atoms with Crippen LogP contribution in [-0.4, -0.2) is 12.7 Å². The molecule has 0 bridgehead atoms. The van der Waals surface area contributed by atoms with Crippen molar-refractivity contribution in [1.82, 2.24) is 0 Å². The molecule has 0 aromatic heterocycles. The Labute approximate surface area is 73.4 Å². The van der Waals surface area contributed by atoms with Crippen LogP contribution in [-0.2, 0) is 4.74 Å². The second kappa shape index (κ2) is 3.28. The quantitative estimate of drug-likeness (QED) is 0.663. The number of benzene rings is 1. The largest absolute Gasteiger partial charge is 0.378 e. The predicted molar refractivity (Wildman–Crippen MR) is 49.2 cm³/mol. The van der Waals surface area contributed by atoms with Crippen molar-refractivity contribution < 1.29 is 4.74 Å². The van der Waals surface area contributed by atoms with E-state index < -0.39 is 0 Å². The van der Waals surface area contributed by atoms with Crippen LogP contribution in [0.2, 0.25) is 0 Å². The van der Waals surface area contributed by atoms with Gasteiger partial charge in [0.15, 0.2) is 0 Å². The van der Waals surface area contributed by atoms with E-state index in [1.54, 1.807) is 0 Å². The maximum atomic E-state index is 5.52. The minimum absolute atomic E-state index is 0.498. The van der Waals surface area contributed by atoms with Crippen molar-refractivity contribution in [3.05, 3.63) is 35.9 Å². The fourth-order valence-electron chi connectivity index (χ4n) is 1.62. The molecule has 64 valence electrons. The molecular weight excluding hydrogens is 148 g/mol. The third-order valence-corrected chi connectivity index (χ3v) is 2.34. The molecule has 0 spiro atoms. The van der Waals surface area contributed by atoms with E-state index in [-0.39, 0.29) is 0 Å². The summed E-state index contributed by atoms with van der Waals surface area (Å²) in [4.78, 5) is 0. The van der Waals surface area contributed by atoms with Gasteiger partial charge in [0.2, 0.25) is 0 Å². The van der Waals surface area contributed by atoms with Gasteiger partial charge in [-0.25, -0.2) is 0 Å². The predicted octanol–water partition coefficient (Wildman–Crippen LogP) is 2.58. The molecule has 1 nitrogen and oxygen atoms in total. The molecule has 2 atom stereocenters. The average molecular weight is 162 g/mol. The summed E-state index contributed by atoms with van der Waals surface area (Å²) in [5.74, 6) is 0.672. The Hall–Kier alpha value is -0.820. The zero-order valence-corrected chi connectivity index (χ0v) is 7.36. The van der Waals surface area contributed by atoms with Gasteiger partial charge in [0, 0.05) is 12.5 Å². The van der Waals surface area contributed by atoms with Crippen LogP contribution in [0.15, 0.2) is 30.3 Å². The zero-order chi connectivity index (χ0) is 8.39. The molecule has 0 saturated heterocycles. The van der Waals surface area contributed by atoms with Crippen LogP contribution in [0.4, 0.5) is 0 Å². The summed E-state index contributed by atoms with van der Waals surface area (Å²) in [7, 11) is 0. The van der Waals surface area contributed by atoms with Crippen molar-refractivity contribution in [1.29, 1.82) is 0 Å². The lowest BCUT2D eigenvalue weighted by atomic mass is 10.1. The number of ether oxygens (including phenoxy) is 1. The van der Waals surface area contributed by atoms with Crippen LogP contribution in [0, 0.1) is 0 Å². The molecule has 1 aromatic rings. The standard InChI is InChI=1S/C11H14O/c1-2-12-11-8-10(11)9-6-4-3-5-7-9/h3-7,10-11H,2,8H2,1H3. The number of hydrogen-bond donors (Lipinski definition) is 0. The molecule has 1 heteroatoms. The topological polar surface area (TPSA) is 9.23 Å². The lowest BCUT2D eigenvalue weighted by molar-refractivity contribution is 0.128. The first-order valence-electron chi connectivity index (χ1n) is 4.58. The lowest BCUT2D eigenvalue weighted by Gasteiger charge is -1.99. The summed E-state index contributed by atoms with van der Waals surface area (Å²) in [5, 5.41) is 0. The molecule has 1 saturated carbocycles. The average Bonchev–Trinajstić information content (AvgIpc) is 2.87. The zero-order valence-electron chi connectivity index (χ0n) is 7.36. The second-order valence-electron chi connectivity index (χ2n) is 3.25. The molecule has 0 amide bonds. The van der Waals surface area contributed by atoms with Gasteiger partial charge in [0.05, 0.1) is 6.10 Å². The van der Waals surface area contributed by atoms with Crippen molar-refractivity contribution in [2.24, 2.45) is 0 Å². The van der Waals surface area contributed by atoms with E-state index in [1.165, 1.54) is 12.0 Å². The lowest BCUT2D eigenvalue weighted by Crippen LogP contribution is -1.94. The minimum Gasteiger partial charge on any atom is -0.378 e. The Morgan fingerprint density at radius 2 is 2.08 bits per heavy atom. The summed E-state index contributed by atoms with van der Waals surface area (Å²) < 4.78 is 5.52. The Balaban J connectivity index is 1.97. The van der Waals surface area contributed by atoms with Gasteiger partial charge in [0.25, 0.3) is 0 Å². The van der Waals surface area contributed by atoms with Gasteiger partial charge in [-0.1, -0.05) is 30.3 Å².